The number of aromatic nitrogens is 5. The standard InChI is InChI=1S/C24H30N8O2S/c1-16-13-31(28(3)19-6-7-20-21(10-19)26-9-8-25-20)17(2)12-30(16)22-11-23(33)29(4)32-14-18(15-35(5)34)27-24(22)32/h6-11,14,16-17H,12-13,15H2,1-5H3/t16-,17+,35?/m0/s1. The summed E-state index contributed by atoms with van der Waals surface area (Å²) in [5.74, 6) is 0.357. The van der Waals surface area contributed by atoms with Crippen LogP contribution in [0.25, 0.3) is 16.7 Å². The molecule has 3 atom stereocenters. The predicted octanol–water partition coefficient (Wildman–Crippen LogP) is 1.81. The number of benzene rings is 1. The first kappa shape index (κ1) is 23.4. The van der Waals surface area contributed by atoms with Crippen LogP contribution in [-0.4, -0.2) is 71.8 Å². The van der Waals surface area contributed by atoms with Crippen molar-refractivity contribution < 1.29 is 4.21 Å². The third kappa shape index (κ3) is 4.30. The van der Waals surface area contributed by atoms with Gasteiger partial charge in [0.25, 0.3) is 5.56 Å². The van der Waals surface area contributed by atoms with Crippen LogP contribution in [0.3, 0.4) is 0 Å². The fraction of sp³-hybridized carbons (Fsp3) is 0.417. The van der Waals surface area contributed by atoms with Gasteiger partial charge in [-0.05, 0) is 32.0 Å². The largest absolute Gasteiger partial charge is 0.363 e. The van der Waals surface area contributed by atoms with Crippen molar-refractivity contribution in [3.05, 3.63) is 58.9 Å². The van der Waals surface area contributed by atoms with Crippen LogP contribution in [-0.2, 0) is 23.6 Å². The van der Waals surface area contributed by atoms with Gasteiger partial charge in [0.2, 0.25) is 0 Å². The minimum Gasteiger partial charge on any atom is -0.363 e. The monoisotopic (exact) mass is 494 g/mol. The Balaban J connectivity index is 1.45. The summed E-state index contributed by atoms with van der Waals surface area (Å²) in [6, 6.07) is 8.09. The van der Waals surface area contributed by atoms with E-state index in [-0.39, 0.29) is 17.6 Å². The van der Waals surface area contributed by atoms with Gasteiger partial charge in [-0.1, -0.05) is 0 Å². The lowest BCUT2D eigenvalue weighted by Crippen LogP contribution is -2.61. The molecule has 1 fully saturated rings. The molecule has 0 spiro atoms. The van der Waals surface area contributed by atoms with E-state index in [9.17, 15) is 9.00 Å². The van der Waals surface area contributed by atoms with Crippen molar-refractivity contribution in [3.8, 4) is 0 Å². The minimum absolute atomic E-state index is 0.106. The molecule has 4 heterocycles. The number of hydrogen-bond donors (Lipinski definition) is 0. The lowest BCUT2D eigenvalue weighted by Gasteiger charge is -2.48. The van der Waals surface area contributed by atoms with Gasteiger partial charge in [-0.3, -0.25) is 19.0 Å². The summed E-state index contributed by atoms with van der Waals surface area (Å²) < 4.78 is 15.1. The molecule has 1 unspecified atom stereocenters. The lowest BCUT2D eigenvalue weighted by molar-refractivity contribution is 0.158. The van der Waals surface area contributed by atoms with Crippen molar-refractivity contribution in [3.63, 3.8) is 0 Å². The summed E-state index contributed by atoms with van der Waals surface area (Å²) in [5.41, 5.74) is 4.91. The van der Waals surface area contributed by atoms with E-state index in [1.807, 2.05) is 12.3 Å². The number of hydrazine groups is 1. The second-order valence-corrected chi connectivity index (χ2v) is 10.7. The molecule has 1 aromatic carbocycles. The van der Waals surface area contributed by atoms with Crippen molar-refractivity contribution in [1.29, 1.82) is 0 Å². The summed E-state index contributed by atoms with van der Waals surface area (Å²) in [6.45, 7) is 5.84. The summed E-state index contributed by atoms with van der Waals surface area (Å²) in [4.78, 5) is 28.6. The van der Waals surface area contributed by atoms with Gasteiger partial charge in [0, 0.05) is 74.8 Å². The number of fused-ring (bicyclic) bond motifs is 2. The van der Waals surface area contributed by atoms with Gasteiger partial charge in [-0.2, -0.15) is 0 Å². The Bertz CT molecular complexity index is 1480. The quantitative estimate of drug-likeness (QED) is 0.415. The van der Waals surface area contributed by atoms with Gasteiger partial charge in [-0.15, -0.1) is 0 Å². The Morgan fingerprint density at radius 1 is 1.09 bits per heavy atom. The lowest BCUT2D eigenvalue weighted by atomic mass is 10.1. The first-order chi connectivity index (χ1) is 16.7. The van der Waals surface area contributed by atoms with E-state index >= 15 is 0 Å². The first-order valence-corrected chi connectivity index (χ1v) is 13.3. The molecule has 11 heteroatoms. The molecule has 0 saturated carbocycles. The van der Waals surface area contributed by atoms with Crippen LogP contribution >= 0.6 is 0 Å². The average molecular weight is 495 g/mol. The van der Waals surface area contributed by atoms with Gasteiger partial charge in [0.05, 0.1) is 40.1 Å². The van der Waals surface area contributed by atoms with Crippen molar-refractivity contribution in [1.82, 2.24) is 29.2 Å². The molecule has 1 aliphatic rings. The smallest absolute Gasteiger partial charge is 0.267 e. The van der Waals surface area contributed by atoms with Crippen LogP contribution in [0.1, 0.15) is 19.5 Å². The minimum atomic E-state index is -1.01. The molecule has 1 saturated heterocycles. The highest BCUT2D eigenvalue weighted by molar-refractivity contribution is 7.83. The normalized spacial score (nSPS) is 20.0. The van der Waals surface area contributed by atoms with Crippen LogP contribution < -0.4 is 15.5 Å². The number of rotatable bonds is 5. The van der Waals surface area contributed by atoms with Crippen LogP contribution in [0.2, 0.25) is 0 Å². The number of piperazine rings is 1. The number of anilines is 2. The number of aryl methyl sites for hydroxylation is 1. The Labute approximate surface area is 206 Å². The Kier molecular flexibility index (Phi) is 6.06. The molecule has 3 aromatic heterocycles. The molecule has 35 heavy (non-hydrogen) atoms. The molecule has 184 valence electrons. The van der Waals surface area contributed by atoms with E-state index in [2.05, 4.69) is 57.9 Å². The Morgan fingerprint density at radius 3 is 2.57 bits per heavy atom. The molecule has 0 amide bonds. The van der Waals surface area contributed by atoms with E-state index in [1.165, 1.54) is 4.68 Å². The highest BCUT2D eigenvalue weighted by atomic mass is 32.2. The molecule has 0 N–H and O–H groups in total. The van der Waals surface area contributed by atoms with Crippen molar-refractivity contribution in [2.45, 2.75) is 31.7 Å². The molecular weight excluding hydrogens is 464 g/mol. The van der Waals surface area contributed by atoms with Gasteiger partial charge in [-0.25, -0.2) is 19.2 Å². The fourth-order valence-corrected chi connectivity index (χ4v) is 5.41. The molecule has 10 nitrogen and oxygen atoms in total. The SMILES string of the molecule is C[C@@H]1CN(c2cc(=O)n(C)n3cc(CS(C)=O)nc23)[C@@H](C)CN1N(C)c1ccc2nccnc2c1. The zero-order valence-electron chi connectivity index (χ0n) is 20.6. The summed E-state index contributed by atoms with van der Waals surface area (Å²) in [5, 5.41) is 4.52. The molecule has 0 bridgehead atoms. The van der Waals surface area contributed by atoms with E-state index in [0.717, 1.165) is 35.5 Å². The van der Waals surface area contributed by atoms with E-state index < -0.39 is 10.8 Å². The summed E-state index contributed by atoms with van der Waals surface area (Å²) >= 11 is 0. The third-order valence-electron chi connectivity index (χ3n) is 6.69. The van der Waals surface area contributed by atoms with Crippen LogP contribution in [0.15, 0.2) is 47.7 Å². The average Bonchev–Trinajstić information content (AvgIpc) is 3.25. The maximum absolute atomic E-state index is 12.8. The van der Waals surface area contributed by atoms with Crippen LogP contribution in [0.4, 0.5) is 11.4 Å². The molecule has 5 rings (SSSR count). The second kappa shape index (κ2) is 9.04. The molecule has 0 aliphatic carbocycles. The fourth-order valence-electron chi connectivity index (χ4n) is 4.86. The third-order valence-corrected chi connectivity index (χ3v) is 7.40. The van der Waals surface area contributed by atoms with E-state index in [4.69, 9.17) is 4.98 Å². The van der Waals surface area contributed by atoms with E-state index in [1.54, 1.807) is 36.3 Å². The van der Waals surface area contributed by atoms with E-state index in [0.29, 0.717) is 17.1 Å². The van der Waals surface area contributed by atoms with Crippen molar-refractivity contribution in [2.24, 2.45) is 7.05 Å². The summed E-state index contributed by atoms with van der Waals surface area (Å²) in [7, 11) is 2.78. The maximum atomic E-state index is 12.8. The maximum Gasteiger partial charge on any atom is 0.267 e. The van der Waals surface area contributed by atoms with Gasteiger partial charge in [0.15, 0.2) is 5.65 Å². The summed E-state index contributed by atoms with van der Waals surface area (Å²) in [6.07, 6.45) is 6.88. The molecule has 1 aliphatic heterocycles. The zero-order chi connectivity index (χ0) is 24.9. The van der Waals surface area contributed by atoms with Gasteiger partial charge < -0.3 is 9.91 Å². The first-order valence-electron chi connectivity index (χ1n) is 11.6. The number of nitrogens with zero attached hydrogens (tertiary/aromatic N) is 8. The Hall–Kier alpha value is -3.31. The zero-order valence-corrected chi connectivity index (χ0v) is 21.4. The number of imidazole rings is 1. The van der Waals surface area contributed by atoms with Crippen molar-refractivity contribution >= 4 is 38.9 Å². The highest BCUT2D eigenvalue weighted by Gasteiger charge is 2.33. The Morgan fingerprint density at radius 2 is 1.83 bits per heavy atom. The van der Waals surface area contributed by atoms with Gasteiger partial charge in [0.1, 0.15) is 0 Å². The molecular formula is C24H30N8O2S. The highest BCUT2D eigenvalue weighted by Crippen LogP contribution is 2.29. The second-order valence-electron chi connectivity index (χ2n) is 9.23. The molecule has 4 aromatic rings. The topological polar surface area (TPSA) is 91.9 Å². The molecule has 0 radical (unpaired) electrons. The predicted molar refractivity (Wildman–Crippen MR) is 139 cm³/mol. The van der Waals surface area contributed by atoms with Crippen molar-refractivity contribution in [2.75, 3.05) is 36.3 Å². The number of hydrogen-bond acceptors (Lipinski definition) is 8. The van der Waals surface area contributed by atoms with Crippen LogP contribution in [0.5, 0.6) is 0 Å². The van der Waals surface area contributed by atoms with Gasteiger partial charge >= 0.3 is 0 Å². The van der Waals surface area contributed by atoms with Crippen LogP contribution in [0, 0.1) is 0 Å².